The highest BCUT2D eigenvalue weighted by molar-refractivity contribution is 6.23. The van der Waals surface area contributed by atoms with E-state index in [1.165, 1.54) is 17.0 Å². The van der Waals surface area contributed by atoms with Crippen LogP contribution in [0.4, 0.5) is 8.78 Å². The fraction of sp³-hybridized carbons (Fsp3) is 0.500. The number of carbonyl (C=O) groups excluding carboxylic acids is 4. The fourth-order valence-corrected chi connectivity index (χ4v) is 4.30. The topological polar surface area (TPSA) is 98.8 Å². The van der Waals surface area contributed by atoms with Crippen molar-refractivity contribution in [2.45, 2.75) is 43.8 Å². The van der Waals surface area contributed by atoms with Gasteiger partial charge in [0.05, 0.1) is 17.2 Å². The molecule has 1 aromatic carbocycles. The highest BCUT2D eigenvalue weighted by Crippen LogP contribution is 2.31. The van der Waals surface area contributed by atoms with Gasteiger partial charge in [-0.25, -0.2) is 8.78 Å². The van der Waals surface area contributed by atoms with Gasteiger partial charge in [0.25, 0.3) is 17.7 Å². The molecule has 4 amide bonds. The van der Waals surface area contributed by atoms with E-state index < -0.39 is 41.6 Å². The zero-order valence-corrected chi connectivity index (χ0v) is 16.4. The van der Waals surface area contributed by atoms with Gasteiger partial charge in [-0.1, -0.05) is 6.07 Å². The van der Waals surface area contributed by atoms with E-state index in [9.17, 15) is 28.0 Å². The van der Waals surface area contributed by atoms with Crippen molar-refractivity contribution >= 4 is 23.6 Å². The van der Waals surface area contributed by atoms with Crippen molar-refractivity contribution in [1.82, 2.24) is 20.4 Å². The molecular weight excluding hydrogens is 398 g/mol. The number of benzene rings is 1. The molecule has 30 heavy (non-hydrogen) atoms. The summed E-state index contributed by atoms with van der Waals surface area (Å²) in [6.07, 6.45) is -0.112. The third-order valence-electron chi connectivity index (χ3n) is 5.93. The van der Waals surface area contributed by atoms with Crippen molar-refractivity contribution in [3.63, 3.8) is 0 Å². The Bertz CT molecular complexity index is 935. The molecule has 8 nitrogen and oxygen atoms in total. The van der Waals surface area contributed by atoms with E-state index in [1.807, 2.05) is 0 Å². The largest absolute Gasteiger partial charge is 0.315 e. The van der Waals surface area contributed by atoms with Gasteiger partial charge >= 0.3 is 0 Å². The van der Waals surface area contributed by atoms with Crippen LogP contribution in [0.15, 0.2) is 18.2 Å². The van der Waals surface area contributed by atoms with Crippen LogP contribution in [0.2, 0.25) is 0 Å². The number of rotatable bonds is 4. The lowest BCUT2D eigenvalue weighted by Gasteiger charge is -2.38. The molecule has 0 spiro atoms. The number of piperidine rings is 2. The Morgan fingerprint density at radius 2 is 1.90 bits per heavy atom. The Morgan fingerprint density at radius 3 is 2.60 bits per heavy atom. The number of amides is 4. The number of imide groups is 2. The van der Waals surface area contributed by atoms with E-state index in [-0.39, 0.29) is 50.0 Å². The normalized spacial score (nSPS) is 26.2. The molecule has 2 unspecified atom stereocenters. The molecule has 10 heteroatoms. The first-order valence-electron chi connectivity index (χ1n) is 9.82. The van der Waals surface area contributed by atoms with Gasteiger partial charge in [0, 0.05) is 32.5 Å². The molecule has 1 aromatic rings. The number of nitrogens with one attached hydrogen (secondary N) is 2. The van der Waals surface area contributed by atoms with Crippen molar-refractivity contribution in [1.29, 1.82) is 0 Å². The third-order valence-corrected chi connectivity index (χ3v) is 5.93. The first kappa shape index (κ1) is 20.5. The van der Waals surface area contributed by atoms with Crippen LogP contribution >= 0.6 is 0 Å². The van der Waals surface area contributed by atoms with E-state index in [1.54, 1.807) is 13.1 Å². The van der Waals surface area contributed by atoms with E-state index in [0.29, 0.717) is 5.56 Å². The molecule has 0 aliphatic carbocycles. The number of alkyl halides is 2. The summed E-state index contributed by atoms with van der Waals surface area (Å²) in [4.78, 5) is 51.5. The maximum Gasteiger partial charge on any atom is 0.265 e. The average molecular weight is 420 g/mol. The summed E-state index contributed by atoms with van der Waals surface area (Å²) in [6.45, 7) is 0.604. The second kappa shape index (κ2) is 7.51. The van der Waals surface area contributed by atoms with Crippen LogP contribution in [-0.2, 0) is 16.1 Å². The standard InChI is InChI=1S/C20H22F2N4O4/c1-25(15-9-23-7-6-20(15,21)22)10-11-2-3-12-13(8-11)19(30)26(18(12)29)14-4-5-16(27)24-17(14)28/h2-3,8,14-15,23H,4-7,9-10H2,1H3,(H,24,27,28). The summed E-state index contributed by atoms with van der Waals surface area (Å²) in [5.41, 5.74) is 0.925. The first-order chi connectivity index (χ1) is 14.2. The summed E-state index contributed by atoms with van der Waals surface area (Å²) >= 11 is 0. The SMILES string of the molecule is CN(Cc1ccc2c(c1)C(=O)N(C1CCC(=O)NC1=O)C2=O)C1CNCCC1(F)F. The van der Waals surface area contributed by atoms with E-state index in [0.717, 1.165) is 4.90 Å². The van der Waals surface area contributed by atoms with Crippen molar-refractivity contribution in [3.8, 4) is 0 Å². The molecule has 2 fully saturated rings. The molecule has 2 N–H and O–H groups in total. The van der Waals surface area contributed by atoms with Gasteiger partial charge in [0.2, 0.25) is 11.8 Å². The van der Waals surface area contributed by atoms with Crippen LogP contribution in [0, 0.1) is 0 Å². The zero-order valence-electron chi connectivity index (χ0n) is 16.4. The van der Waals surface area contributed by atoms with Crippen molar-refractivity contribution in [3.05, 3.63) is 34.9 Å². The highest BCUT2D eigenvalue weighted by atomic mass is 19.3. The summed E-state index contributed by atoms with van der Waals surface area (Å²) in [7, 11) is 1.60. The van der Waals surface area contributed by atoms with Crippen molar-refractivity contribution < 1.29 is 28.0 Å². The summed E-state index contributed by atoms with van der Waals surface area (Å²) in [6, 6.07) is 2.63. The Kier molecular flexibility index (Phi) is 5.15. The van der Waals surface area contributed by atoms with E-state index in [4.69, 9.17) is 0 Å². The first-order valence-corrected chi connectivity index (χ1v) is 9.82. The molecule has 0 bridgehead atoms. The Morgan fingerprint density at radius 1 is 1.17 bits per heavy atom. The van der Waals surface area contributed by atoms with Crippen LogP contribution in [0.1, 0.15) is 45.5 Å². The van der Waals surface area contributed by atoms with Gasteiger partial charge in [-0.15, -0.1) is 0 Å². The summed E-state index contributed by atoms with van der Waals surface area (Å²) in [5, 5.41) is 5.12. The molecule has 160 valence electrons. The maximum absolute atomic E-state index is 14.2. The average Bonchev–Trinajstić information content (AvgIpc) is 2.92. The van der Waals surface area contributed by atoms with E-state index in [2.05, 4.69) is 10.6 Å². The van der Waals surface area contributed by atoms with Crippen molar-refractivity contribution in [2.24, 2.45) is 0 Å². The predicted molar refractivity (Wildman–Crippen MR) is 101 cm³/mol. The van der Waals surface area contributed by atoms with E-state index >= 15 is 0 Å². The van der Waals surface area contributed by atoms with Crippen LogP contribution in [0.5, 0.6) is 0 Å². The Hall–Kier alpha value is -2.72. The molecule has 2 atom stereocenters. The predicted octanol–water partition coefficient (Wildman–Crippen LogP) is 0.517. The molecule has 0 radical (unpaired) electrons. The lowest BCUT2D eigenvalue weighted by atomic mass is 10.00. The molecule has 4 rings (SSSR count). The lowest BCUT2D eigenvalue weighted by Crippen LogP contribution is -2.56. The number of likely N-dealkylation sites (N-methyl/N-ethyl adjacent to an activating group) is 1. The molecular formula is C20H22F2N4O4. The minimum absolute atomic E-state index is 0.0451. The summed E-state index contributed by atoms with van der Waals surface area (Å²) < 4.78 is 28.5. The minimum Gasteiger partial charge on any atom is -0.315 e. The van der Waals surface area contributed by atoms with Crippen LogP contribution in [0.3, 0.4) is 0 Å². The van der Waals surface area contributed by atoms with Crippen LogP contribution in [0.25, 0.3) is 0 Å². The minimum atomic E-state index is -2.81. The molecule has 2 saturated heterocycles. The third kappa shape index (κ3) is 3.50. The second-order valence-electron chi connectivity index (χ2n) is 7.97. The number of nitrogens with zero attached hydrogens (tertiary/aromatic N) is 2. The van der Waals surface area contributed by atoms with Gasteiger partial charge in [-0.05, 0) is 31.2 Å². The van der Waals surface area contributed by atoms with Gasteiger partial charge < -0.3 is 5.32 Å². The second-order valence-corrected chi connectivity index (χ2v) is 7.97. The van der Waals surface area contributed by atoms with Crippen molar-refractivity contribution in [2.75, 3.05) is 20.1 Å². The van der Waals surface area contributed by atoms with Gasteiger partial charge in [0.15, 0.2) is 0 Å². The van der Waals surface area contributed by atoms with Crippen LogP contribution in [-0.4, -0.2) is 71.6 Å². The number of hydrogen-bond acceptors (Lipinski definition) is 6. The maximum atomic E-state index is 14.2. The highest BCUT2D eigenvalue weighted by Gasteiger charge is 2.45. The van der Waals surface area contributed by atoms with Gasteiger partial charge in [-0.3, -0.25) is 34.3 Å². The molecule has 3 aliphatic heterocycles. The Labute approximate surface area is 171 Å². The fourth-order valence-electron chi connectivity index (χ4n) is 4.30. The number of fused-ring (bicyclic) bond motifs is 1. The van der Waals surface area contributed by atoms with Crippen LogP contribution < -0.4 is 10.6 Å². The monoisotopic (exact) mass is 420 g/mol. The van der Waals surface area contributed by atoms with Gasteiger partial charge in [0.1, 0.15) is 6.04 Å². The molecule has 3 heterocycles. The lowest BCUT2D eigenvalue weighted by molar-refractivity contribution is -0.136. The van der Waals surface area contributed by atoms with Gasteiger partial charge in [-0.2, -0.15) is 0 Å². The Balaban J connectivity index is 1.53. The summed E-state index contributed by atoms with van der Waals surface area (Å²) in [5.74, 6) is -5.13. The quantitative estimate of drug-likeness (QED) is 0.689. The smallest absolute Gasteiger partial charge is 0.265 e. The molecule has 0 saturated carbocycles. The number of halogens is 2. The molecule has 3 aliphatic rings. The zero-order chi connectivity index (χ0) is 21.6. The number of carbonyl (C=O) groups is 4. The molecule has 0 aromatic heterocycles. The number of hydrogen-bond donors (Lipinski definition) is 2.